The van der Waals surface area contributed by atoms with E-state index in [1.165, 1.54) is 0 Å². The van der Waals surface area contributed by atoms with Gasteiger partial charge in [0.1, 0.15) is 0 Å². The van der Waals surface area contributed by atoms with Crippen molar-refractivity contribution in [1.82, 2.24) is 10.2 Å². The molecule has 102 valence electrons. The smallest absolute Gasteiger partial charge is 0.317 e. The second kappa shape index (κ2) is 8.34. The van der Waals surface area contributed by atoms with Gasteiger partial charge in [-0.3, -0.25) is 0 Å². The molecule has 0 aliphatic carbocycles. The maximum absolute atomic E-state index is 12.1. The van der Waals surface area contributed by atoms with Crippen LogP contribution in [0.25, 0.3) is 0 Å². The Bertz CT molecular complexity index is 207. The molecule has 0 aromatic rings. The van der Waals surface area contributed by atoms with Crippen LogP contribution in [0.5, 0.6) is 0 Å². The van der Waals surface area contributed by atoms with Crippen molar-refractivity contribution in [2.75, 3.05) is 26.8 Å². The highest BCUT2D eigenvalue weighted by atomic mass is 16.5. The van der Waals surface area contributed by atoms with Crippen LogP contribution in [0.15, 0.2) is 0 Å². The van der Waals surface area contributed by atoms with Gasteiger partial charge in [0.05, 0.1) is 12.6 Å². The van der Waals surface area contributed by atoms with E-state index in [-0.39, 0.29) is 12.1 Å². The van der Waals surface area contributed by atoms with Gasteiger partial charge in [0.15, 0.2) is 0 Å². The van der Waals surface area contributed by atoms with Crippen LogP contribution >= 0.6 is 0 Å². The van der Waals surface area contributed by atoms with Crippen molar-refractivity contribution in [2.45, 2.75) is 40.7 Å². The van der Waals surface area contributed by atoms with E-state index in [2.05, 4.69) is 33.0 Å². The molecule has 0 aliphatic rings. The Morgan fingerprint density at radius 2 is 1.59 bits per heavy atom. The lowest BCUT2D eigenvalue weighted by molar-refractivity contribution is 0.153. The molecular weight excluding hydrogens is 216 g/mol. The van der Waals surface area contributed by atoms with E-state index in [4.69, 9.17) is 4.74 Å². The van der Waals surface area contributed by atoms with Crippen LogP contribution in [0.4, 0.5) is 4.79 Å². The van der Waals surface area contributed by atoms with E-state index in [0.717, 1.165) is 13.1 Å². The average molecular weight is 244 g/mol. The summed E-state index contributed by atoms with van der Waals surface area (Å²) < 4.78 is 5.01. The van der Waals surface area contributed by atoms with Crippen LogP contribution in [0.3, 0.4) is 0 Å². The van der Waals surface area contributed by atoms with Gasteiger partial charge in [0.25, 0.3) is 0 Å². The fourth-order valence-electron chi connectivity index (χ4n) is 1.72. The van der Waals surface area contributed by atoms with Crippen molar-refractivity contribution in [2.24, 2.45) is 11.8 Å². The van der Waals surface area contributed by atoms with Crippen LogP contribution < -0.4 is 5.32 Å². The third kappa shape index (κ3) is 8.02. The van der Waals surface area contributed by atoms with E-state index < -0.39 is 0 Å². The van der Waals surface area contributed by atoms with Gasteiger partial charge >= 0.3 is 6.03 Å². The summed E-state index contributed by atoms with van der Waals surface area (Å²) in [6, 6.07) is 0.0614. The summed E-state index contributed by atoms with van der Waals surface area (Å²) in [7, 11) is 1.64. The summed E-state index contributed by atoms with van der Waals surface area (Å²) in [5, 5.41) is 2.95. The van der Waals surface area contributed by atoms with Gasteiger partial charge in [0, 0.05) is 20.2 Å². The van der Waals surface area contributed by atoms with Crippen LogP contribution in [0.1, 0.15) is 34.6 Å². The number of hydrogen-bond acceptors (Lipinski definition) is 2. The van der Waals surface area contributed by atoms with Crippen molar-refractivity contribution in [1.29, 1.82) is 0 Å². The molecule has 0 saturated carbocycles. The van der Waals surface area contributed by atoms with Gasteiger partial charge in [0.2, 0.25) is 0 Å². The number of nitrogens with zero attached hydrogens (tertiary/aromatic N) is 1. The highest BCUT2D eigenvalue weighted by Crippen LogP contribution is 2.04. The van der Waals surface area contributed by atoms with Gasteiger partial charge in [-0.2, -0.15) is 0 Å². The molecule has 4 heteroatoms. The van der Waals surface area contributed by atoms with Crippen molar-refractivity contribution in [3.8, 4) is 0 Å². The Kier molecular flexibility index (Phi) is 7.96. The molecular formula is C13H28N2O2. The second-order valence-electron chi connectivity index (χ2n) is 5.50. The molecule has 0 aromatic carbocycles. The monoisotopic (exact) mass is 244 g/mol. The van der Waals surface area contributed by atoms with E-state index >= 15 is 0 Å². The molecule has 0 radical (unpaired) electrons. The van der Waals surface area contributed by atoms with E-state index in [9.17, 15) is 4.79 Å². The molecule has 0 fully saturated rings. The fourth-order valence-corrected chi connectivity index (χ4v) is 1.72. The minimum Gasteiger partial charge on any atom is -0.383 e. The second-order valence-corrected chi connectivity index (χ2v) is 5.50. The molecule has 0 bridgehead atoms. The summed E-state index contributed by atoms with van der Waals surface area (Å²) in [6.45, 7) is 12.6. The lowest BCUT2D eigenvalue weighted by atomic mass is 10.1. The molecule has 2 amide bonds. The largest absolute Gasteiger partial charge is 0.383 e. The molecule has 0 heterocycles. The molecule has 0 spiro atoms. The Morgan fingerprint density at radius 1 is 1.12 bits per heavy atom. The number of rotatable bonds is 7. The molecule has 1 unspecified atom stereocenters. The first-order valence-electron chi connectivity index (χ1n) is 6.41. The number of nitrogens with one attached hydrogen (secondary N) is 1. The summed E-state index contributed by atoms with van der Waals surface area (Å²) in [5.74, 6) is 0.967. The quantitative estimate of drug-likeness (QED) is 0.747. The molecule has 1 atom stereocenters. The minimum absolute atomic E-state index is 0.0111. The lowest BCUT2D eigenvalue weighted by Crippen LogP contribution is -2.47. The van der Waals surface area contributed by atoms with Gasteiger partial charge in [-0.15, -0.1) is 0 Å². The van der Waals surface area contributed by atoms with Crippen LogP contribution in [-0.2, 0) is 4.74 Å². The van der Waals surface area contributed by atoms with Gasteiger partial charge in [-0.1, -0.05) is 27.7 Å². The van der Waals surface area contributed by atoms with Gasteiger partial charge in [-0.25, -0.2) is 4.79 Å². The lowest BCUT2D eigenvalue weighted by Gasteiger charge is -2.28. The van der Waals surface area contributed by atoms with E-state index in [1.54, 1.807) is 7.11 Å². The standard InChI is InChI=1S/C13H28N2O2/c1-10(2)7-15(8-11(3)4)13(16)14-12(5)9-17-6/h10-12H,7-9H2,1-6H3,(H,14,16). The van der Waals surface area contributed by atoms with Crippen molar-refractivity contribution < 1.29 is 9.53 Å². The number of ether oxygens (including phenoxy) is 1. The predicted molar refractivity (Wildman–Crippen MR) is 71.1 cm³/mol. The number of carbonyl (C=O) groups is 1. The fraction of sp³-hybridized carbons (Fsp3) is 0.923. The molecule has 0 aromatic heterocycles. The molecule has 0 aliphatic heterocycles. The summed E-state index contributed by atoms with van der Waals surface area (Å²) in [5.41, 5.74) is 0. The maximum atomic E-state index is 12.1. The zero-order valence-corrected chi connectivity index (χ0v) is 12.1. The number of urea groups is 1. The zero-order valence-electron chi connectivity index (χ0n) is 12.1. The van der Waals surface area contributed by atoms with Crippen LogP contribution in [0, 0.1) is 11.8 Å². The van der Waals surface area contributed by atoms with Crippen LogP contribution in [-0.4, -0.2) is 43.8 Å². The van der Waals surface area contributed by atoms with Gasteiger partial charge < -0.3 is 15.0 Å². The molecule has 17 heavy (non-hydrogen) atoms. The van der Waals surface area contributed by atoms with Gasteiger partial charge in [-0.05, 0) is 18.8 Å². The zero-order chi connectivity index (χ0) is 13.4. The topological polar surface area (TPSA) is 41.6 Å². The Labute approximate surface area is 106 Å². The van der Waals surface area contributed by atoms with Crippen molar-refractivity contribution in [3.05, 3.63) is 0 Å². The third-order valence-corrected chi connectivity index (χ3v) is 2.24. The van der Waals surface area contributed by atoms with Crippen LogP contribution in [0.2, 0.25) is 0 Å². The number of carbonyl (C=O) groups excluding carboxylic acids is 1. The first kappa shape index (κ1) is 16.2. The van der Waals surface area contributed by atoms with E-state index in [1.807, 2.05) is 11.8 Å². The Balaban J connectivity index is 4.30. The molecule has 0 saturated heterocycles. The Hall–Kier alpha value is -0.770. The average Bonchev–Trinajstić information content (AvgIpc) is 2.15. The number of hydrogen-bond donors (Lipinski definition) is 1. The van der Waals surface area contributed by atoms with E-state index in [0.29, 0.717) is 18.4 Å². The SMILES string of the molecule is COCC(C)NC(=O)N(CC(C)C)CC(C)C. The maximum Gasteiger partial charge on any atom is 0.317 e. The number of amides is 2. The normalized spacial score (nSPS) is 12.9. The summed E-state index contributed by atoms with van der Waals surface area (Å²) in [6.07, 6.45) is 0. The summed E-state index contributed by atoms with van der Waals surface area (Å²) in [4.78, 5) is 13.9. The highest BCUT2D eigenvalue weighted by Gasteiger charge is 2.17. The first-order valence-corrected chi connectivity index (χ1v) is 6.41. The number of methoxy groups -OCH3 is 1. The summed E-state index contributed by atoms with van der Waals surface area (Å²) >= 11 is 0. The molecule has 4 nitrogen and oxygen atoms in total. The minimum atomic E-state index is 0.0111. The molecule has 0 rings (SSSR count). The first-order chi connectivity index (χ1) is 7.86. The highest BCUT2D eigenvalue weighted by molar-refractivity contribution is 5.74. The third-order valence-electron chi connectivity index (χ3n) is 2.24. The molecule has 1 N–H and O–H groups in total. The predicted octanol–water partition coefficient (Wildman–Crippen LogP) is 2.34. The van der Waals surface area contributed by atoms with Crippen molar-refractivity contribution in [3.63, 3.8) is 0 Å². The Morgan fingerprint density at radius 3 is 1.94 bits per heavy atom. The van der Waals surface area contributed by atoms with Crippen molar-refractivity contribution >= 4 is 6.03 Å².